The van der Waals surface area contributed by atoms with Crippen LogP contribution >= 0.6 is 0 Å². The molecule has 0 unspecified atom stereocenters. The van der Waals surface area contributed by atoms with Crippen molar-refractivity contribution in [3.05, 3.63) is 42.1 Å². The van der Waals surface area contributed by atoms with Gasteiger partial charge in [-0.05, 0) is 23.8 Å². The number of fused-ring (bicyclic) bond motifs is 1. The van der Waals surface area contributed by atoms with Crippen molar-refractivity contribution in [1.82, 2.24) is 4.98 Å². The molecule has 3 rings (SSSR count). The number of carbonyl (C=O) groups is 1. The summed E-state index contributed by atoms with van der Waals surface area (Å²) in [5.74, 6) is -1.38. The molecule has 2 aromatic rings. The number of halogens is 2. The number of benzene rings is 1. The second-order valence-corrected chi connectivity index (χ2v) is 4.04. The van der Waals surface area contributed by atoms with Crippen LogP contribution in [-0.4, -0.2) is 17.5 Å². The predicted molar refractivity (Wildman–Crippen MR) is 63.7 cm³/mol. The lowest BCUT2D eigenvalue weighted by Gasteiger charge is -2.17. The van der Waals surface area contributed by atoms with Crippen LogP contribution < -0.4 is 10.1 Å². The fourth-order valence-electron chi connectivity index (χ4n) is 1.79. The quantitative estimate of drug-likeness (QED) is 0.858. The van der Waals surface area contributed by atoms with E-state index >= 15 is 0 Å². The first kappa shape index (κ1) is 11.6. The summed E-state index contributed by atoms with van der Waals surface area (Å²) in [6, 6.07) is 5.20. The Morgan fingerprint density at radius 2 is 2.00 bits per heavy atom. The number of hydrogen-bond donors (Lipinski definition) is 1. The van der Waals surface area contributed by atoms with E-state index < -0.39 is 11.6 Å². The lowest BCUT2D eigenvalue weighted by Crippen LogP contribution is -2.26. The maximum Gasteiger partial charge on any atom is 0.263 e. The van der Waals surface area contributed by atoms with Gasteiger partial charge in [0.1, 0.15) is 0 Å². The van der Waals surface area contributed by atoms with Crippen LogP contribution in [0.25, 0.3) is 11.1 Å². The van der Waals surface area contributed by atoms with Crippen LogP contribution in [0.1, 0.15) is 0 Å². The molecule has 1 aromatic carbocycles. The van der Waals surface area contributed by atoms with E-state index in [-0.39, 0.29) is 12.5 Å². The third-order valence-electron chi connectivity index (χ3n) is 2.72. The van der Waals surface area contributed by atoms with Gasteiger partial charge in [-0.25, -0.2) is 13.8 Å². The molecule has 4 nitrogen and oxygen atoms in total. The topological polar surface area (TPSA) is 51.2 Å². The maximum atomic E-state index is 13.2. The molecule has 1 amide bonds. The van der Waals surface area contributed by atoms with Crippen molar-refractivity contribution in [2.24, 2.45) is 0 Å². The van der Waals surface area contributed by atoms with E-state index in [2.05, 4.69) is 10.3 Å². The van der Waals surface area contributed by atoms with Gasteiger partial charge in [0, 0.05) is 11.8 Å². The minimum atomic E-state index is -0.926. The number of pyridine rings is 1. The van der Waals surface area contributed by atoms with E-state index in [0.29, 0.717) is 22.7 Å². The van der Waals surface area contributed by atoms with Crippen molar-refractivity contribution in [2.75, 3.05) is 11.9 Å². The summed E-state index contributed by atoms with van der Waals surface area (Å²) < 4.78 is 31.2. The van der Waals surface area contributed by atoms with Crippen LogP contribution in [0.4, 0.5) is 14.6 Å². The summed E-state index contributed by atoms with van der Waals surface area (Å²) in [7, 11) is 0. The van der Waals surface area contributed by atoms with Crippen LogP contribution in [0, 0.1) is 11.6 Å². The first-order valence-electron chi connectivity index (χ1n) is 5.51. The Kier molecular flexibility index (Phi) is 2.63. The first-order valence-corrected chi connectivity index (χ1v) is 5.51. The lowest BCUT2D eigenvalue weighted by molar-refractivity contribution is -0.118. The molecule has 0 radical (unpaired) electrons. The number of rotatable bonds is 1. The Morgan fingerprint density at radius 1 is 1.16 bits per heavy atom. The number of nitrogens with zero attached hydrogens (tertiary/aromatic N) is 1. The number of ether oxygens (including phenoxy) is 1. The van der Waals surface area contributed by atoms with Crippen molar-refractivity contribution in [3.63, 3.8) is 0 Å². The van der Waals surface area contributed by atoms with E-state index in [9.17, 15) is 13.6 Å². The largest absolute Gasteiger partial charge is 0.480 e. The molecule has 6 heteroatoms. The zero-order valence-corrected chi connectivity index (χ0v) is 9.61. The van der Waals surface area contributed by atoms with Gasteiger partial charge >= 0.3 is 0 Å². The second-order valence-electron chi connectivity index (χ2n) is 4.04. The monoisotopic (exact) mass is 262 g/mol. The summed E-state index contributed by atoms with van der Waals surface area (Å²) in [6.07, 6.45) is 1.46. The van der Waals surface area contributed by atoms with Gasteiger partial charge in [0.25, 0.3) is 5.91 Å². The Labute approximate surface area is 107 Å². The minimum absolute atomic E-state index is 0.0874. The highest BCUT2D eigenvalue weighted by atomic mass is 19.2. The van der Waals surface area contributed by atoms with Crippen molar-refractivity contribution < 1.29 is 18.3 Å². The summed E-state index contributed by atoms with van der Waals surface area (Å²) >= 11 is 0. The lowest BCUT2D eigenvalue weighted by atomic mass is 10.1. The first-order chi connectivity index (χ1) is 9.13. The van der Waals surface area contributed by atoms with Crippen molar-refractivity contribution in [1.29, 1.82) is 0 Å². The van der Waals surface area contributed by atoms with E-state index in [1.165, 1.54) is 12.3 Å². The second kappa shape index (κ2) is 4.31. The number of amides is 1. The Bertz CT molecular complexity index is 674. The average molecular weight is 262 g/mol. The molecule has 0 fully saturated rings. The summed E-state index contributed by atoms with van der Waals surface area (Å²) in [6.45, 7) is -0.0874. The highest BCUT2D eigenvalue weighted by molar-refractivity contribution is 5.94. The summed E-state index contributed by atoms with van der Waals surface area (Å²) in [5.41, 5.74) is 1.06. The highest BCUT2D eigenvalue weighted by Gasteiger charge is 2.18. The molecule has 0 saturated carbocycles. The molecular weight excluding hydrogens is 254 g/mol. The molecule has 1 N–H and O–H groups in total. The summed E-state index contributed by atoms with van der Waals surface area (Å²) in [5, 5.41) is 2.55. The standard InChI is InChI=1S/C13H8F2N2O2/c14-9-2-1-7(3-10(9)15)8-4-11-13(16-5-8)17-12(18)6-19-11/h1-5H,6H2,(H,16,17,18). The predicted octanol–water partition coefficient (Wildman–Crippen LogP) is 2.36. The van der Waals surface area contributed by atoms with E-state index in [0.717, 1.165) is 12.1 Å². The van der Waals surface area contributed by atoms with E-state index in [4.69, 9.17) is 4.74 Å². The minimum Gasteiger partial charge on any atom is -0.480 e. The smallest absolute Gasteiger partial charge is 0.263 e. The van der Waals surface area contributed by atoms with Crippen molar-refractivity contribution >= 4 is 11.7 Å². The molecule has 1 aliphatic heterocycles. The Hall–Kier alpha value is -2.50. The van der Waals surface area contributed by atoms with Gasteiger partial charge in [-0.1, -0.05) is 6.07 Å². The fourth-order valence-corrected chi connectivity index (χ4v) is 1.79. The molecule has 1 aliphatic rings. The molecule has 1 aromatic heterocycles. The molecule has 0 bridgehead atoms. The highest BCUT2D eigenvalue weighted by Crippen LogP contribution is 2.30. The molecule has 0 atom stereocenters. The zero-order valence-electron chi connectivity index (χ0n) is 9.61. The SMILES string of the molecule is O=C1COc2cc(-c3ccc(F)c(F)c3)cnc2N1. The average Bonchev–Trinajstić information content (AvgIpc) is 2.41. The molecule has 0 saturated heterocycles. The van der Waals surface area contributed by atoms with Gasteiger partial charge in [-0.3, -0.25) is 4.79 Å². The van der Waals surface area contributed by atoms with E-state index in [1.807, 2.05) is 0 Å². The van der Waals surface area contributed by atoms with Crippen molar-refractivity contribution in [2.45, 2.75) is 0 Å². The number of nitrogens with one attached hydrogen (secondary N) is 1. The van der Waals surface area contributed by atoms with Gasteiger partial charge in [0.15, 0.2) is 29.8 Å². The number of anilines is 1. The number of hydrogen-bond acceptors (Lipinski definition) is 3. The van der Waals surface area contributed by atoms with Crippen molar-refractivity contribution in [3.8, 4) is 16.9 Å². The third-order valence-corrected chi connectivity index (χ3v) is 2.72. The molecule has 2 heterocycles. The molecule has 0 aliphatic carbocycles. The molecule has 0 spiro atoms. The molecular formula is C13H8F2N2O2. The maximum absolute atomic E-state index is 13.2. The molecule has 96 valence electrons. The van der Waals surface area contributed by atoms with E-state index in [1.54, 1.807) is 6.07 Å². The van der Waals surface area contributed by atoms with Gasteiger partial charge in [-0.2, -0.15) is 0 Å². The van der Waals surface area contributed by atoms with Crippen LogP contribution in [0.3, 0.4) is 0 Å². The normalized spacial score (nSPS) is 13.5. The van der Waals surface area contributed by atoms with Gasteiger partial charge in [-0.15, -0.1) is 0 Å². The van der Waals surface area contributed by atoms with Gasteiger partial charge in [0.2, 0.25) is 0 Å². The fraction of sp³-hybridized carbons (Fsp3) is 0.0769. The van der Waals surface area contributed by atoms with Gasteiger partial charge in [0.05, 0.1) is 0 Å². The van der Waals surface area contributed by atoms with Crippen LogP contribution in [-0.2, 0) is 4.79 Å². The molecule has 19 heavy (non-hydrogen) atoms. The zero-order chi connectivity index (χ0) is 13.4. The number of aromatic nitrogens is 1. The van der Waals surface area contributed by atoms with Gasteiger partial charge < -0.3 is 10.1 Å². The Morgan fingerprint density at radius 3 is 2.79 bits per heavy atom. The van der Waals surface area contributed by atoms with Crippen LogP contribution in [0.5, 0.6) is 5.75 Å². The Balaban J connectivity index is 2.02. The van der Waals surface area contributed by atoms with Crippen LogP contribution in [0.15, 0.2) is 30.5 Å². The summed E-state index contributed by atoms with van der Waals surface area (Å²) in [4.78, 5) is 15.1. The van der Waals surface area contributed by atoms with Crippen LogP contribution in [0.2, 0.25) is 0 Å². The number of carbonyl (C=O) groups excluding carboxylic acids is 1. The third kappa shape index (κ3) is 2.12.